The highest BCUT2D eigenvalue weighted by Gasteiger charge is 1.84. The van der Waals surface area contributed by atoms with Gasteiger partial charge in [0.15, 0.2) is 0 Å². The number of para-hydroxylation sites is 2. The number of benzene rings is 2. The number of carbonyl (C=O) groups excluding carboxylic acids is 1. The minimum atomic E-state index is -4.67. The number of hydrogen-bond donors (Lipinski definition) is 6. The van der Waals surface area contributed by atoms with Crippen molar-refractivity contribution >= 4 is 22.5 Å². The van der Waals surface area contributed by atoms with Crippen molar-refractivity contribution in [3.8, 4) is 5.75 Å². The summed E-state index contributed by atoms with van der Waals surface area (Å²) in [5, 5.41) is 26.4. The summed E-state index contributed by atoms with van der Waals surface area (Å²) in [5.41, 5.74) is 0.826. The number of aromatic hydroxyl groups is 1. The lowest BCUT2D eigenvalue weighted by Crippen LogP contribution is -1.91. The van der Waals surface area contributed by atoms with Crippen LogP contribution in [0.4, 0.5) is 5.69 Å². The summed E-state index contributed by atoms with van der Waals surface area (Å²) >= 11 is 0. The van der Waals surface area contributed by atoms with Crippen molar-refractivity contribution in [2.45, 2.75) is 0 Å². The van der Waals surface area contributed by atoms with Gasteiger partial charge in [-0.2, -0.15) is 8.42 Å². The van der Waals surface area contributed by atoms with Crippen LogP contribution in [0.25, 0.3) is 0 Å². The molecule has 0 aliphatic carbocycles. The van der Waals surface area contributed by atoms with Crippen molar-refractivity contribution in [1.29, 1.82) is 0 Å². The van der Waals surface area contributed by atoms with Gasteiger partial charge in [0.25, 0.3) is 0 Å². The standard InChI is InChI=1S/C7H7NO.C6H6O.C2H6O2.H2O4S/c9-6-8-7-4-2-1-3-5-7;7-6-4-2-1-3-5-6;3-1-2-4;1-5(2,3)4/h1-6H,(H,8,9);1-5,7H;3-4H,1-2H2;(H2,1,2,3,4). The lowest BCUT2D eigenvalue weighted by Gasteiger charge is -1.93. The molecular formula is C15H21NO8S. The smallest absolute Gasteiger partial charge is 0.394 e. The van der Waals surface area contributed by atoms with E-state index < -0.39 is 10.4 Å². The predicted molar refractivity (Wildman–Crippen MR) is 92.6 cm³/mol. The van der Waals surface area contributed by atoms with Crippen LogP contribution < -0.4 is 5.32 Å². The zero-order chi connectivity index (χ0) is 19.6. The molecule has 140 valence electrons. The summed E-state index contributed by atoms with van der Waals surface area (Å²) in [6.07, 6.45) is 0.662. The Morgan fingerprint density at radius 3 is 1.44 bits per heavy atom. The minimum Gasteiger partial charge on any atom is -0.508 e. The fraction of sp³-hybridized carbons (Fsp3) is 0.133. The van der Waals surface area contributed by atoms with Crippen LogP contribution in [0.2, 0.25) is 0 Å². The largest absolute Gasteiger partial charge is 0.508 e. The first kappa shape index (κ1) is 24.7. The molecule has 2 aromatic rings. The number of hydrogen-bond acceptors (Lipinski definition) is 6. The molecular weight excluding hydrogens is 354 g/mol. The Labute approximate surface area is 145 Å². The average molecular weight is 375 g/mol. The molecule has 6 N–H and O–H groups in total. The zero-order valence-electron chi connectivity index (χ0n) is 13.1. The van der Waals surface area contributed by atoms with Crippen LogP contribution in [0, 0.1) is 0 Å². The molecule has 0 atom stereocenters. The summed E-state index contributed by atoms with van der Waals surface area (Å²) < 4.78 is 31.6. The molecule has 0 radical (unpaired) electrons. The first-order valence-corrected chi connectivity index (χ1v) is 8.05. The van der Waals surface area contributed by atoms with E-state index in [1.807, 2.05) is 36.4 Å². The van der Waals surface area contributed by atoms with E-state index in [4.69, 9.17) is 32.8 Å². The summed E-state index contributed by atoms with van der Waals surface area (Å²) in [5.74, 6) is 0.322. The van der Waals surface area contributed by atoms with Crippen LogP contribution in [-0.2, 0) is 15.2 Å². The second-order valence-corrected chi connectivity index (χ2v) is 4.75. The van der Waals surface area contributed by atoms with Crippen molar-refractivity contribution in [3.05, 3.63) is 60.7 Å². The van der Waals surface area contributed by atoms with Gasteiger partial charge < -0.3 is 20.6 Å². The average Bonchev–Trinajstić information content (AvgIpc) is 2.56. The molecule has 0 aromatic heterocycles. The number of amides is 1. The predicted octanol–water partition coefficient (Wildman–Crippen LogP) is 0.965. The molecule has 25 heavy (non-hydrogen) atoms. The third-order valence-electron chi connectivity index (χ3n) is 1.86. The Kier molecular flexibility index (Phi) is 16.2. The maximum absolute atomic E-state index is 9.86. The molecule has 9 nitrogen and oxygen atoms in total. The molecule has 2 aromatic carbocycles. The maximum Gasteiger partial charge on any atom is 0.394 e. The Morgan fingerprint density at radius 2 is 1.20 bits per heavy atom. The van der Waals surface area contributed by atoms with E-state index in [1.165, 1.54) is 0 Å². The summed E-state index contributed by atoms with van der Waals surface area (Å²) in [7, 11) is -4.67. The molecule has 2 rings (SSSR count). The molecule has 0 heterocycles. The molecule has 0 saturated carbocycles. The van der Waals surface area contributed by atoms with Gasteiger partial charge in [-0.25, -0.2) is 0 Å². The van der Waals surface area contributed by atoms with Crippen LogP contribution in [0.15, 0.2) is 60.7 Å². The van der Waals surface area contributed by atoms with Crippen LogP contribution in [0.1, 0.15) is 0 Å². The SMILES string of the molecule is O=CNc1ccccc1.O=S(=O)(O)O.OCCO.Oc1ccccc1. The Hall–Kier alpha value is -2.50. The van der Waals surface area contributed by atoms with Gasteiger partial charge >= 0.3 is 10.4 Å². The van der Waals surface area contributed by atoms with Crippen LogP contribution in [-0.4, -0.2) is 52.5 Å². The monoisotopic (exact) mass is 375 g/mol. The van der Waals surface area contributed by atoms with Gasteiger partial charge in [-0.15, -0.1) is 0 Å². The van der Waals surface area contributed by atoms with Gasteiger partial charge in [0, 0.05) is 5.69 Å². The number of carbonyl (C=O) groups is 1. The highest BCUT2D eigenvalue weighted by Crippen LogP contribution is 2.03. The lowest BCUT2D eigenvalue weighted by molar-refractivity contribution is -0.105. The molecule has 0 unspecified atom stereocenters. The van der Waals surface area contributed by atoms with Gasteiger partial charge in [0.1, 0.15) is 5.75 Å². The molecule has 10 heteroatoms. The highest BCUT2D eigenvalue weighted by atomic mass is 32.3. The molecule has 0 aliphatic heterocycles. The second-order valence-electron chi connectivity index (χ2n) is 3.86. The number of nitrogens with one attached hydrogen (secondary N) is 1. The van der Waals surface area contributed by atoms with Crippen LogP contribution >= 0.6 is 0 Å². The number of phenols is 1. The summed E-state index contributed by atoms with van der Waals surface area (Å²) in [6.45, 7) is -0.250. The van der Waals surface area contributed by atoms with E-state index in [0.29, 0.717) is 12.2 Å². The Morgan fingerprint density at radius 1 is 0.840 bits per heavy atom. The first-order chi connectivity index (χ1) is 11.7. The van der Waals surface area contributed by atoms with E-state index in [1.54, 1.807) is 24.3 Å². The van der Waals surface area contributed by atoms with Crippen molar-refractivity contribution < 1.29 is 37.6 Å². The quantitative estimate of drug-likeness (QED) is 0.341. The lowest BCUT2D eigenvalue weighted by atomic mass is 10.3. The Balaban J connectivity index is 0. The number of rotatable bonds is 3. The molecule has 0 bridgehead atoms. The van der Waals surface area contributed by atoms with E-state index >= 15 is 0 Å². The van der Waals surface area contributed by atoms with Crippen LogP contribution in [0.3, 0.4) is 0 Å². The number of aliphatic hydroxyl groups is 2. The summed E-state index contributed by atoms with van der Waals surface area (Å²) in [4.78, 5) is 9.86. The highest BCUT2D eigenvalue weighted by molar-refractivity contribution is 7.79. The van der Waals surface area contributed by atoms with Gasteiger partial charge in [-0.3, -0.25) is 13.9 Å². The topological polar surface area (TPSA) is 164 Å². The maximum atomic E-state index is 9.86. The second kappa shape index (κ2) is 16.4. The van der Waals surface area contributed by atoms with Gasteiger partial charge in [0.2, 0.25) is 6.41 Å². The van der Waals surface area contributed by atoms with Gasteiger partial charge in [-0.1, -0.05) is 36.4 Å². The first-order valence-electron chi connectivity index (χ1n) is 6.65. The normalized spacial score (nSPS) is 8.96. The van der Waals surface area contributed by atoms with E-state index in [-0.39, 0.29) is 13.2 Å². The van der Waals surface area contributed by atoms with Crippen molar-refractivity contribution in [2.24, 2.45) is 0 Å². The minimum absolute atomic E-state index is 0.125. The number of aliphatic hydroxyl groups excluding tert-OH is 2. The number of phenolic OH excluding ortho intramolecular Hbond substituents is 1. The third-order valence-corrected chi connectivity index (χ3v) is 1.86. The van der Waals surface area contributed by atoms with Gasteiger partial charge in [-0.05, 0) is 24.3 Å². The van der Waals surface area contributed by atoms with Gasteiger partial charge in [0.05, 0.1) is 13.2 Å². The molecule has 0 saturated heterocycles. The van der Waals surface area contributed by atoms with Crippen LogP contribution in [0.5, 0.6) is 5.75 Å². The molecule has 0 aliphatic rings. The fourth-order valence-corrected chi connectivity index (χ4v) is 1.03. The van der Waals surface area contributed by atoms with E-state index in [0.717, 1.165) is 5.69 Å². The zero-order valence-corrected chi connectivity index (χ0v) is 14.0. The Bertz CT molecular complexity index is 625. The third kappa shape index (κ3) is 26.7. The fourth-order valence-electron chi connectivity index (χ4n) is 1.03. The number of anilines is 1. The van der Waals surface area contributed by atoms with Crippen molar-refractivity contribution in [1.82, 2.24) is 0 Å². The summed E-state index contributed by atoms with van der Waals surface area (Å²) in [6, 6.07) is 18.0. The molecule has 0 fully saturated rings. The molecule has 0 spiro atoms. The molecule has 1 amide bonds. The van der Waals surface area contributed by atoms with Crippen molar-refractivity contribution in [2.75, 3.05) is 18.5 Å². The van der Waals surface area contributed by atoms with Crippen molar-refractivity contribution in [3.63, 3.8) is 0 Å². The van der Waals surface area contributed by atoms with E-state index in [9.17, 15) is 4.79 Å². The van der Waals surface area contributed by atoms with E-state index in [2.05, 4.69) is 5.32 Å².